The zero-order chi connectivity index (χ0) is 11.1. The fourth-order valence-corrected chi connectivity index (χ4v) is 2.72. The van der Waals surface area contributed by atoms with Crippen molar-refractivity contribution >= 4 is 10.8 Å². The molecule has 0 spiro atoms. The first-order chi connectivity index (χ1) is 7.81. The fraction of sp³-hybridized carbons (Fsp3) is 0.286. The zero-order valence-electron chi connectivity index (χ0n) is 9.24. The van der Waals surface area contributed by atoms with Crippen LogP contribution >= 0.6 is 0 Å². The van der Waals surface area contributed by atoms with Gasteiger partial charge in [-0.15, -0.1) is 0 Å². The Hall–Kier alpha value is -1.38. The molecule has 0 saturated heterocycles. The molecule has 16 heavy (non-hydrogen) atoms. The standard InChI is InChI=1S/C14H16N2/c15-8-13(16)11-7-6-10-5-4-9-2-1-3-12(11)14(9)10/h1-3,6-7,13H,4-5,8,15-16H2/t13-/m1/s1. The Kier molecular flexibility index (Phi) is 2.20. The predicted molar refractivity (Wildman–Crippen MR) is 67.3 cm³/mol. The number of benzene rings is 2. The largest absolute Gasteiger partial charge is 0.329 e. The molecule has 1 aliphatic rings. The minimum atomic E-state index is -0.0510. The first-order valence-corrected chi connectivity index (χ1v) is 5.80. The van der Waals surface area contributed by atoms with Crippen molar-refractivity contribution < 1.29 is 0 Å². The summed E-state index contributed by atoms with van der Waals surface area (Å²) in [7, 11) is 0. The van der Waals surface area contributed by atoms with Gasteiger partial charge in [-0.25, -0.2) is 0 Å². The van der Waals surface area contributed by atoms with Gasteiger partial charge in [0.15, 0.2) is 0 Å². The van der Waals surface area contributed by atoms with Gasteiger partial charge in [0.1, 0.15) is 0 Å². The summed E-state index contributed by atoms with van der Waals surface area (Å²) in [6.45, 7) is 0.499. The monoisotopic (exact) mass is 212 g/mol. The zero-order valence-corrected chi connectivity index (χ0v) is 9.24. The van der Waals surface area contributed by atoms with E-state index in [4.69, 9.17) is 11.5 Å². The SMILES string of the molecule is NC[C@@H](N)c1ccc2c3c(cccc13)CC2. The topological polar surface area (TPSA) is 52.0 Å². The van der Waals surface area contributed by atoms with E-state index in [2.05, 4.69) is 30.3 Å². The van der Waals surface area contributed by atoms with E-state index in [9.17, 15) is 0 Å². The summed E-state index contributed by atoms with van der Waals surface area (Å²) < 4.78 is 0. The van der Waals surface area contributed by atoms with E-state index in [1.54, 1.807) is 0 Å². The summed E-state index contributed by atoms with van der Waals surface area (Å²) in [5.41, 5.74) is 15.8. The van der Waals surface area contributed by atoms with Gasteiger partial charge >= 0.3 is 0 Å². The quantitative estimate of drug-likeness (QED) is 0.798. The van der Waals surface area contributed by atoms with Gasteiger partial charge in [-0.3, -0.25) is 0 Å². The molecule has 0 unspecified atom stereocenters. The average Bonchev–Trinajstić information content (AvgIpc) is 2.74. The smallest absolute Gasteiger partial charge is 0.0425 e. The highest BCUT2D eigenvalue weighted by molar-refractivity contribution is 5.93. The second-order valence-electron chi connectivity index (χ2n) is 4.50. The fourth-order valence-electron chi connectivity index (χ4n) is 2.72. The molecule has 2 aromatic carbocycles. The molecule has 1 aliphatic carbocycles. The van der Waals surface area contributed by atoms with Crippen molar-refractivity contribution in [1.29, 1.82) is 0 Å². The van der Waals surface area contributed by atoms with Crippen molar-refractivity contribution in [3.05, 3.63) is 47.0 Å². The summed E-state index contributed by atoms with van der Waals surface area (Å²) >= 11 is 0. The van der Waals surface area contributed by atoms with E-state index in [1.165, 1.54) is 27.5 Å². The molecule has 3 rings (SSSR count). The lowest BCUT2D eigenvalue weighted by Crippen LogP contribution is -2.21. The minimum Gasteiger partial charge on any atom is -0.329 e. The van der Waals surface area contributed by atoms with Crippen LogP contribution in [0.3, 0.4) is 0 Å². The molecular formula is C14H16N2. The summed E-state index contributed by atoms with van der Waals surface area (Å²) in [4.78, 5) is 0. The van der Waals surface area contributed by atoms with Gasteiger partial charge in [-0.05, 0) is 40.3 Å². The molecule has 0 aliphatic heterocycles. The maximum atomic E-state index is 6.06. The summed E-state index contributed by atoms with van der Waals surface area (Å²) in [6, 6.07) is 10.8. The van der Waals surface area contributed by atoms with Crippen molar-refractivity contribution in [3.63, 3.8) is 0 Å². The third-order valence-electron chi connectivity index (χ3n) is 3.56. The van der Waals surface area contributed by atoms with Crippen LogP contribution in [0.5, 0.6) is 0 Å². The van der Waals surface area contributed by atoms with Gasteiger partial charge in [0, 0.05) is 12.6 Å². The van der Waals surface area contributed by atoms with Crippen molar-refractivity contribution in [2.24, 2.45) is 11.5 Å². The molecule has 0 heterocycles. The Labute approximate surface area is 95.2 Å². The maximum Gasteiger partial charge on any atom is 0.0425 e. The summed E-state index contributed by atoms with van der Waals surface area (Å²) in [5, 5.41) is 2.72. The molecule has 0 bridgehead atoms. The molecule has 82 valence electrons. The highest BCUT2D eigenvalue weighted by Gasteiger charge is 2.17. The number of hydrogen-bond donors (Lipinski definition) is 2. The Bertz CT molecular complexity index is 535. The van der Waals surface area contributed by atoms with E-state index < -0.39 is 0 Å². The van der Waals surface area contributed by atoms with E-state index in [0.29, 0.717) is 6.54 Å². The van der Waals surface area contributed by atoms with Crippen molar-refractivity contribution in [2.45, 2.75) is 18.9 Å². The predicted octanol–water partition coefficient (Wildman–Crippen LogP) is 1.90. The highest BCUT2D eigenvalue weighted by Crippen LogP contribution is 2.34. The van der Waals surface area contributed by atoms with E-state index in [-0.39, 0.29) is 6.04 Å². The average molecular weight is 212 g/mol. The molecule has 4 N–H and O–H groups in total. The van der Waals surface area contributed by atoms with Crippen LogP contribution < -0.4 is 11.5 Å². The number of nitrogens with two attached hydrogens (primary N) is 2. The lowest BCUT2D eigenvalue weighted by atomic mass is 9.96. The van der Waals surface area contributed by atoms with Gasteiger partial charge < -0.3 is 11.5 Å². The van der Waals surface area contributed by atoms with Crippen LogP contribution in [0.2, 0.25) is 0 Å². The molecule has 2 heteroatoms. The van der Waals surface area contributed by atoms with Crippen LogP contribution in [-0.4, -0.2) is 6.54 Å². The van der Waals surface area contributed by atoms with Gasteiger partial charge in [0.25, 0.3) is 0 Å². The van der Waals surface area contributed by atoms with Gasteiger partial charge in [0.2, 0.25) is 0 Å². The number of aryl methyl sites for hydroxylation is 2. The van der Waals surface area contributed by atoms with Gasteiger partial charge in [0.05, 0.1) is 0 Å². The highest BCUT2D eigenvalue weighted by atomic mass is 14.7. The Morgan fingerprint density at radius 3 is 2.56 bits per heavy atom. The molecular weight excluding hydrogens is 196 g/mol. The molecule has 2 nitrogen and oxygen atoms in total. The Morgan fingerprint density at radius 2 is 1.81 bits per heavy atom. The molecule has 0 fully saturated rings. The normalized spacial score (nSPS) is 15.6. The molecule has 0 aromatic heterocycles. The van der Waals surface area contributed by atoms with Crippen molar-refractivity contribution in [3.8, 4) is 0 Å². The van der Waals surface area contributed by atoms with Gasteiger partial charge in [-0.2, -0.15) is 0 Å². The van der Waals surface area contributed by atoms with Crippen LogP contribution in [-0.2, 0) is 12.8 Å². The van der Waals surface area contributed by atoms with Crippen molar-refractivity contribution in [2.75, 3.05) is 6.54 Å². The Morgan fingerprint density at radius 1 is 1.06 bits per heavy atom. The molecule has 1 atom stereocenters. The van der Waals surface area contributed by atoms with Crippen LogP contribution in [0, 0.1) is 0 Å². The third-order valence-corrected chi connectivity index (χ3v) is 3.56. The first kappa shape index (κ1) is 9.82. The minimum absolute atomic E-state index is 0.0510. The first-order valence-electron chi connectivity index (χ1n) is 5.80. The molecule has 0 saturated carbocycles. The Balaban J connectivity index is 2.33. The summed E-state index contributed by atoms with van der Waals surface area (Å²) in [5.74, 6) is 0. The van der Waals surface area contributed by atoms with Crippen LogP contribution in [0.15, 0.2) is 30.3 Å². The van der Waals surface area contributed by atoms with E-state index in [0.717, 1.165) is 12.8 Å². The molecule has 0 radical (unpaired) electrons. The van der Waals surface area contributed by atoms with E-state index in [1.807, 2.05) is 0 Å². The third kappa shape index (κ3) is 1.27. The second kappa shape index (κ2) is 3.58. The lowest BCUT2D eigenvalue weighted by molar-refractivity contribution is 0.743. The van der Waals surface area contributed by atoms with E-state index >= 15 is 0 Å². The van der Waals surface area contributed by atoms with Crippen LogP contribution in [0.4, 0.5) is 0 Å². The summed E-state index contributed by atoms with van der Waals surface area (Å²) in [6.07, 6.45) is 2.32. The maximum absolute atomic E-state index is 6.06. The number of hydrogen-bond acceptors (Lipinski definition) is 2. The number of rotatable bonds is 2. The second-order valence-corrected chi connectivity index (χ2v) is 4.50. The van der Waals surface area contributed by atoms with Crippen molar-refractivity contribution in [1.82, 2.24) is 0 Å². The van der Waals surface area contributed by atoms with Crippen LogP contribution in [0.1, 0.15) is 22.7 Å². The lowest BCUT2D eigenvalue weighted by Gasteiger charge is -2.13. The van der Waals surface area contributed by atoms with Crippen LogP contribution in [0.25, 0.3) is 10.8 Å². The molecule has 2 aromatic rings. The molecule has 0 amide bonds. The van der Waals surface area contributed by atoms with Gasteiger partial charge in [-0.1, -0.05) is 30.3 Å².